The average molecular weight is 220 g/mol. The molecule has 5 heteroatoms. The highest BCUT2D eigenvalue weighted by Gasteiger charge is 2.21. The first-order valence-electron chi connectivity index (χ1n) is 4.58. The Morgan fingerprint density at radius 3 is 1.54 bits per heavy atom. The smallest absolute Gasteiger partial charge is 0.214 e. The third kappa shape index (κ3) is 11.9. The normalized spacial score (nSPS) is 11.2. The van der Waals surface area contributed by atoms with Gasteiger partial charge in [0.25, 0.3) is 0 Å². The summed E-state index contributed by atoms with van der Waals surface area (Å²) in [4.78, 5) is 9.22. The van der Waals surface area contributed by atoms with Gasteiger partial charge in [0.15, 0.2) is 0 Å². The minimum Gasteiger partial charge on any atom is -0.370 e. The largest absolute Gasteiger partial charge is 0.370 e. The van der Waals surface area contributed by atoms with Crippen molar-refractivity contribution in [1.82, 2.24) is 4.23 Å². The van der Waals surface area contributed by atoms with Gasteiger partial charge in [0.05, 0.1) is 8.96 Å². The molecule has 0 fully saturated rings. The molecule has 0 aromatic carbocycles. The van der Waals surface area contributed by atoms with Crippen LogP contribution in [0.2, 0.25) is 32.7 Å². The van der Waals surface area contributed by atoms with E-state index < -0.39 is 17.2 Å². The Balaban J connectivity index is 0. The standard InChI is InChI=1S/C6H19NSi2.C2H5NO/c1-7(8(2)3)9(4,5)6;1-2(3)4/h8H,1-6H3;1H3,(H2,3,4). The van der Waals surface area contributed by atoms with Crippen LogP contribution in [0.25, 0.3) is 0 Å². The summed E-state index contributed by atoms with van der Waals surface area (Å²) in [6.45, 7) is 13.3. The van der Waals surface area contributed by atoms with E-state index in [1.165, 1.54) is 6.92 Å². The van der Waals surface area contributed by atoms with Crippen molar-refractivity contribution < 1.29 is 4.79 Å². The first-order valence-corrected chi connectivity index (χ1v) is 10.8. The molecule has 0 aliphatic rings. The van der Waals surface area contributed by atoms with E-state index in [9.17, 15) is 4.79 Å². The van der Waals surface area contributed by atoms with Crippen LogP contribution in [0, 0.1) is 0 Å². The highest BCUT2D eigenvalue weighted by atomic mass is 28.4. The van der Waals surface area contributed by atoms with Crippen molar-refractivity contribution in [2.24, 2.45) is 5.73 Å². The Kier molecular flexibility index (Phi) is 7.48. The van der Waals surface area contributed by atoms with Crippen molar-refractivity contribution in [3.05, 3.63) is 0 Å². The molecule has 80 valence electrons. The lowest BCUT2D eigenvalue weighted by Gasteiger charge is -2.33. The van der Waals surface area contributed by atoms with Gasteiger partial charge < -0.3 is 9.96 Å². The lowest BCUT2D eigenvalue weighted by Crippen LogP contribution is -2.49. The Morgan fingerprint density at radius 1 is 1.31 bits per heavy atom. The Hall–Kier alpha value is -0.136. The number of hydrogen-bond donors (Lipinski definition) is 1. The molecule has 0 saturated heterocycles. The Bertz CT molecular complexity index is 151. The molecule has 13 heavy (non-hydrogen) atoms. The van der Waals surface area contributed by atoms with Crippen LogP contribution in [0.15, 0.2) is 0 Å². The highest BCUT2D eigenvalue weighted by Crippen LogP contribution is 2.07. The first-order chi connectivity index (χ1) is 5.59. The van der Waals surface area contributed by atoms with Gasteiger partial charge in [-0.15, -0.1) is 0 Å². The van der Waals surface area contributed by atoms with Crippen LogP contribution in [0.4, 0.5) is 0 Å². The molecule has 0 aliphatic heterocycles. The zero-order valence-electron chi connectivity index (χ0n) is 10.0. The molecule has 2 N–H and O–H groups in total. The van der Waals surface area contributed by atoms with Crippen LogP contribution >= 0.6 is 0 Å². The SMILES string of the molecule is CC(N)=O.CN([SiH](C)C)[Si](C)(C)C. The summed E-state index contributed by atoms with van der Waals surface area (Å²) in [6.07, 6.45) is 0. The number of carbonyl (C=O) groups is 1. The lowest BCUT2D eigenvalue weighted by atomic mass is 10.8. The summed E-state index contributed by atoms with van der Waals surface area (Å²) in [5.74, 6) is -0.333. The topological polar surface area (TPSA) is 46.3 Å². The summed E-state index contributed by atoms with van der Waals surface area (Å²) in [5.41, 5.74) is 4.47. The fourth-order valence-electron chi connectivity index (χ4n) is 0.775. The molecular weight excluding hydrogens is 196 g/mol. The molecule has 0 heterocycles. The number of nitrogens with two attached hydrogens (primary N) is 1. The van der Waals surface area contributed by atoms with E-state index in [0.29, 0.717) is 0 Å². The maximum Gasteiger partial charge on any atom is 0.214 e. The van der Waals surface area contributed by atoms with Gasteiger partial charge in [-0.2, -0.15) is 0 Å². The minimum absolute atomic E-state index is 0.333. The summed E-state index contributed by atoms with van der Waals surface area (Å²) in [7, 11) is 0.858. The number of carbonyl (C=O) groups excluding carboxylic acids is 1. The van der Waals surface area contributed by atoms with Crippen molar-refractivity contribution >= 4 is 23.1 Å². The van der Waals surface area contributed by atoms with Crippen LogP contribution in [-0.4, -0.2) is 34.4 Å². The van der Waals surface area contributed by atoms with E-state index >= 15 is 0 Å². The van der Waals surface area contributed by atoms with Crippen LogP contribution in [0.5, 0.6) is 0 Å². The molecule has 0 unspecified atom stereocenters. The molecule has 0 aromatic heterocycles. The van der Waals surface area contributed by atoms with Crippen LogP contribution in [-0.2, 0) is 4.79 Å². The highest BCUT2D eigenvalue weighted by molar-refractivity contribution is 6.82. The van der Waals surface area contributed by atoms with Crippen molar-refractivity contribution in [2.45, 2.75) is 39.7 Å². The van der Waals surface area contributed by atoms with Gasteiger partial charge in [0.2, 0.25) is 5.91 Å². The van der Waals surface area contributed by atoms with Gasteiger partial charge in [-0.05, 0) is 7.05 Å². The lowest BCUT2D eigenvalue weighted by molar-refractivity contribution is -0.115. The maximum absolute atomic E-state index is 9.22. The van der Waals surface area contributed by atoms with E-state index in [1.54, 1.807) is 0 Å². The van der Waals surface area contributed by atoms with E-state index in [-0.39, 0.29) is 5.91 Å². The summed E-state index contributed by atoms with van der Waals surface area (Å²) < 4.78 is 2.63. The predicted molar refractivity (Wildman–Crippen MR) is 64.9 cm³/mol. The van der Waals surface area contributed by atoms with Gasteiger partial charge in [0, 0.05) is 6.92 Å². The first kappa shape index (κ1) is 15.3. The molecule has 3 nitrogen and oxygen atoms in total. The van der Waals surface area contributed by atoms with Gasteiger partial charge in [0.1, 0.15) is 8.24 Å². The van der Waals surface area contributed by atoms with Crippen molar-refractivity contribution in [3.8, 4) is 0 Å². The number of rotatable bonds is 2. The van der Waals surface area contributed by atoms with Crippen LogP contribution in [0.3, 0.4) is 0 Å². The van der Waals surface area contributed by atoms with Crippen LogP contribution in [0.1, 0.15) is 6.92 Å². The summed E-state index contributed by atoms with van der Waals surface area (Å²) in [6, 6.07) is 0. The molecule has 0 atom stereocenters. The van der Waals surface area contributed by atoms with Gasteiger partial charge in [-0.3, -0.25) is 4.79 Å². The molecule has 0 bridgehead atoms. The Morgan fingerprint density at radius 2 is 1.54 bits per heavy atom. The number of primary amides is 1. The maximum atomic E-state index is 9.22. The molecule has 0 radical (unpaired) electrons. The molecular formula is C8H24N2OSi2. The molecule has 0 aromatic rings. The number of hydrogen-bond acceptors (Lipinski definition) is 2. The quantitative estimate of drug-likeness (QED) is 0.712. The fourth-order valence-corrected chi connectivity index (χ4v) is 6.97. The average Bonchev–Trinajstić information content (AvgIpc) is 1.82. The number of amides is 1. The zero-order chi connectivity index (χ0) is 11.2. The second kappa shape index (κ2) is 6.34. The van der Waals surface area contributed by atoms with E-state index in [0.717, 1.165) is 0 Å². The Labute approximate surface area is 85.1 Å². The monoisotopic (exact) mass is 220 g/mol. The van der Waals surface area contributed by atoms with Crippen molar-refractivity contribution in [3.63, 3.8) is 0 Å². The van der Waals surface area contributed by atoms with E-state index in [1.807, 2.05) is 0 Å². The molecule has 0 aliphatic carbocycles. The molecule has 0 saturated carbocycles. The van der Waals surface area contributed by atoms with E-state index in [4.69, 9.17) is 0 Å². The fraction of sp³-hybridized carbons (Fsp3) is 0.875. The van der Waals surface area contributed by atoms with Crippen molar-refractivity contribution in [1.29, 1.82) is 0 Å². The summed E-state index contributed by atoms with van der Waals surface area (Å²) in [5, 5.41) is 0. The second-order valence-corrected chi connectivity index (χ2v) is 13.0. The van der Waals surface area contributed by atoms with Crippen molar-refractivity contribution in [2.75, 3.05) is 7.05 Å². The molecule has 0 spiro atoms. The second-order valence-electron chi connectivity index (χ2n) is 4.49. The van der Waals surface area contributed by atoms with E-state index in [2.05, 4.69) is 49.7 Å². The zero-order valence-corrected chi connectivity index (χ0v) is 12.2. The third-order valence-corrected chi connectivity index (χ3v) is 9.37. The predicted octanol–water partition coefficient (Wildman–Crippen LogP) is 1.23. The third-order valence-electron chi connectivity index (χ3n) is 1.83. The number of nitrogens with zero attached hydrogens (tertiary/aromatic N) is 1. The van der Waals surface area contributed by atoms with Gasteiger partial charge in [-0.25, -0.2) is 0 Å². The van der Waals surface area contributed by atoms with Gasteiger partial charge >= 0.3 is 0 Å². The molecule has 0 rings (SSSR count). The van der Waals surface area contributed by atoms with Crippen LogP contribution < -0.4 is 5.73 Å². The van der Waals surface area contributed by atoms with Gasteiger partial charge in [-0.1, -0.05) is 32.7 Å². The molecule has 1 amide bonds. The summed E-state index contributed by atoms with van der Waals surface area (Å²) >= 11 is 0. The minimum atomic E-state index is -0.929.